The van der Waals surface area contributed by atoms with E-state index in [4.69, 9.17) is 0 Å². The van der Waals surface area contributed by atoms with Gasteiger partial charge in [-0.3, -0.25) is 4.90 Å². The van der Waals surface area contributed by atoms with Crippen LogP contribution in [0.25, 0.3) is 0 Å². The van der Waals surface area contributed by atoms with Gasteiger partial charge in [0.05, 0.1) is 0 Å². The van der Waals surface area contributed by atoms with E-state index in [9.17, 15) is 0 Å². The Bertz CT molecular complexity index is 309. The van der Waals surface area contributed by atoms with Crippen molar-refractivity contribution in [2.24, 2.45) is 5.92 Å². The molecule has 2 aliphatic heterocycles. The molecule has 1 aromatic heterocycles. The fourth-order valence-corrected chi connectivity index (χ4v) is 3.64. The van der Waals surface area contributed by atoms with E-state index < -0.39 is 0 Å². The predicted molar refractivity (Wildman–Crippen MR) is 64.1 cm³/mol. The number of nitrogens with zero attached hydrogens (tertiary/aromatic N) is 1. The molecule has 1 aromatic rings. The van der Waals surface area contributed by atoms with E-state index in [1.54, 1.807) is 0 Å². The summed E-state index contributed by atoms with van der Waals surface area (Å²) in [6.07, 6.45) is 2.81. The highest BCUT2D eigenvalue weighted by atomic mass is 32.1. The maximum absolute atomic E-state index is 3.53. The largest absolute Gasteiger partial charge is 0.315 e. The molecule has 3 rings (SSSR count). The van der Waals surface area contributed by atoms with Gasteiger partial charge in [0.2, 0.25) is 0 Å². The number of rotatable bonds is 2. The first-order valence-electron chi connectivity index (χ1n) is 5.89. The first kappa shape index (κ1) is 9.82. The minimum atomic E-state index is 0.804. The lowest BCUT2D eigenvalue weighted by Gasteiger charge is -2.36. The van der Waals surface area contributed by atoms with Crippen molar-refractivity contribution in [2.75, 3.05) is 19.6 Å². The molecule has 82 valence electrons. The quantitative estimate of drug-likeness (QED) is 0.822. The molecule has 0 radical (unpaired) electrons. The summed E-state index contributed by atoms with van der Waals surface area (Å²) >= 11 is 1.81. The summed E-state index contributed by atoms with van der Waals surface area (Å²) in [6, 6.07) is 3.06. The highest BCUT2D eigenvalue weighted by molar-refractivity contribution is 7.07. The lowest BCUT2D eigenvalue weighted by atomic mass is 9.92. The second-order valence-corrected chi connectivity index (χ2v) is 5.51. The van der Waals surface area contributed by atoms with Crippen LogP contribution in [0.15, 0.2) is 16.8 Å². The van der Waals surface area contributed by atoms with Crippen LogP contribution in [0, 0.1) is 5.92 Å². The Morgan fingerprint density at radius 1 is 1.47 bits per heavy atom. The van der Waals surface area contributed by atoms with Gasteiger partial charge in [-0.05, 0) is 54.2 Å². The third-order valence-electron chi connectivity index (χ3n) is 3.76. The molecule has 0 aromatic carbocycles. The van der Waals surface area contributed by atoms with Crippen molar-refractivity contribution in [3.05, 3.63) is 22.4 Å². The molecule has 2 fully saturated rings. The van der Waals surface area contributed by atoms with Crippen LogP contribution in [-0.4, -0.2) is 30.6 Å². The summed E-state index contributed by atoms with van der Waals surface area (Å²) < 4.78 is 0. The maximum atomic E-state index is 3.53. The van der Waals surface area contributed by atoms with E-state index in [1.807, 2.05) is 11.3 Å². The van der Waals surface area contributed by atoms with Gasteiger partial charge in [-0.2, -0.15) is 11.3 Å². The number of fused-ring (bicyclic) bond motifs is 1. The van der Waals surface area contributed by atoms with E-state index in [0.717, 1.165) is 18.5 Å². The van der Waals surface area contributed by atoms with Crippen LogP contribution in [-0.2, 0) is 6.54 Å². The maximum Gasteiger partial charge on any atom is 0.0264 e. The summed E-state index contributed by atoms with van der Waals surface area (Å²) in [4.78, 5) is 2.68. The minimum Gasteiger partial charge on any atom is -0.315 e. The van der Waals surface area contributed by atoms with Gasteiger partial charge in [-0.1, -0.05) is 0 Å². The van der Waals surface area contributed by atoms with Crippen LogP contribution < -0.4 is 5.32 Å². The zero-order valence-electron chi connectivity index (χ0n) is 8.98. The molecule has 15 heavy (non-hydrogen) atoms. The molecule has 0 bridgehead atoms. The molecular formula is C12H18N2S. The van der Waals surface area contributed by atoms with E-state index in [2.05, 4.69) is 27.0 Å². The number of piperidine rings is 1. The third kappa shape index (κ3) is 1.96. The molecule has 0 aliphatic carbocycles. The summed E-state index contributed by atoms with van der Waals surface area (Å²) in [6.45, 7) is 4.89. The summed E-state index contributed by atoms with van der Waals surface area (Å²) in [5.41, 5.74) is 1.49. The molecule has 3 heterocycles. The monoisotopic (exact) mass is 222 g/mol. The van der Waals surface area contributed by atoms with Crippen molar-refractivity contribution >= 4 is 11.3 Å². The fourth-order valence-electron chi connectivity index (χ4n) is 2.98. The Labute approximate surface area is 95.3 Å². The van der Waals surface area contributed by atoms with Gasteiger partial charge in [-0.15, -0.1) is 0 Å². The average Bonchev–Trinajstić information content (AvgIpc) is 2.87. The molecule has 2 nitrogen and oxygen atoms in total. The van der Waals surface area contributed by atoms with E-state index in [1.165, 1.54) is 38.0 Å². The van der Waals surface area contributed by atoms with E-state index in [0.29, 0.717) is 0 Å². The van der Waals surface area contributed by atoms with E-state index in [-0.39, 0.29) is 0 Å². The van der Waals surface area contributed by atoms with Crippen LogP contribution in [0.3, 0.4) is 0 Å². The van der Waals surface area contributed by atoms with E-state index >= 15 is 0 Å². The van der Waals surface area contributed by atoms with Gasteiger partial charge in [0.25, 0.3) is 0 Å². The topological polar surface area (TPSA) is 15.3 Å². The highest BCUT2D eigenvalue weighted by Crippen LogP contribution is 2.27. The van der Waals surface area contributed by atoms with Gasteiger partial charge < -0.3 is 5.32 Å². The van der Waals surface area contributed by atoms with Crippen LogP contribution in [0.4, 0.5) is 0 Å². The molecule has 0 saturated carbocycles. The van der Waals surface area contributed by atoms with Crippen molar-refractivity contribution in [1.29, 1.82) is 0 Å². The number of hydrogen-bond donors (Lipinski definition) is 1. The number of hydrogen-bond acceptors (Lipinski definition) is 3. The lowest BCUT2D eigenvalue weighted by molar-refractivity contribution is 0.117. The Balaban J connectivity index is 1.69. The van der Waals surface area contributed by atoms with Gasteiger partial charge in [0, 0.05) is 19.1 Å². The zero-order valence-corrected chi connectivity index (χ0v) is 9.80. The van der Waals surface area contributed by atoms with Crippen LogP contribution >= 0.6 is 11.3 Å². The summed E-state index contributed by atoms with van der Waals surface area (Å²) in [7, 11) is 0. The molecule has 0 amide bonds. The Morgan fingerprint density at radius 3 is 3.33 bits per heavy atom. The van der Waals surface area contributed by atoms with Crippen molar-refractivity contribution < 1.29 is 0 Å². The summed E-state index contributed by atoms with van der Waals surface area (Å²) in [5.74, 6) is 0.914. The molecule has 0 spiro atoms. The van der Waals surface area contributed by atoms with Crippen LogP contribution in [0.5, 0.6) is 0 Å². The van der Waals surface area contributed by atoms with Gasteiger partial charge in [-0.25, -0.2) is 0 Å². The number of thiophene rings is 1. The second-order valence-electron chi connectivity index (χ2n) is 4.73. The lowest BCUT2D eigenvalue weighted by Crippen LogP contribution is -2.44. The Morgan fingerprint density at radius 2 is 2.47 bits per heavy atom. The normalized spacial score (nSPS) is 31.7. The fraction of sp³-hybridized carbons (Fsp3) is 0.667. The molecule has 2 aliphatic rings. The van der Waals surface area contributed by atoms with Crippen molar-refractivity contribution in [3.63, 3.8) is 0 Å². The second kappa shape index (κ2) is 4.24. The van der Waals surface area contributed by atoms with Crippen molar-refractivity contribution in [1.82, 2.24) is 10.2 Å². The molecule has 2 unspecified atom stereocenters. The van der Waals surface area contributed by atoms with Gasteiger partial charge in [0.15, 0.2) is 0 Å². The van der Waals surface area contributed by atoms with Crippen LogP contribution in [0.2, 0.25) is 0 Å². The molecular weight excluding hydrogens is 204 g/mol. The Hall–Kier alpha value is -0.380. The first-order valence-corrected chi connectivity index (χ1v) is 6.83. The first-order chi connectivity index (χ1) is 7.43. The predicted octanol–water partition coefficient (Wildman–Crippen LogP) is 1.93. The van der Waals surface area contributed by atoms with Crippen molar-refractivity contribution in [2.45, 2.75) is 25.4 Å². The van der Waals surface area contributed by atoms with Gasteiger partial charge in [0.1, 0.15) is 0 Å². The highest BCUT2D eigenvalue weighted by Gasteiger charge is 2.34. The zero-order chi connectivity index (χ0) is 10.1. The average molecular weight is 222 g/mol. The number of nitrogens with one attached hydrogen (secondary N) is 1. The number of likely N-dealkylation sites (tertiary alicyclic amines) is 1. The van der Waals surface area contributed by atoms with Gasteiger partial charge >= 0.3 is 0 Å². The Kier molecular flexibility index (Phi) is 2.77. The SMILES string of the molecule is c1cc(CN2CCCC3CNCC32)cs1. The van der Waals surface area contributed by atoms with Crippen LogP contribution in [0.1, 0.15) is 18.4 Å². The smallest absolute Gasteiger partial charge is 0.0264 e. The van der Waals surface area contributed by atoms with Crippen molar-refractivity contribution in [3.8, 4) is 0 Å². The molecule has 1 N–H and O–H groups in total. The minimum absolute atomic E-state index is 0.804. The molecule has 2 atom stereocenters. The molecule has 2 saturated heterocycles. The molecule has 3 heteroatoms. The third-order valence-corrected chi connectivity index (χ3v) is 4.49. The standard InChI is InChI=1S/C12H18N2S/c1-2-11-6-13-7-12(11)14(4-1)8-10-3-5-15-9-10/h3,5,9,11-13H,1-2,4,6-8H2. The summed E-state index contributed by atoms with van der Waals surface area (Å²) in [5, 5.41) is 8.00.